The number of carbonyl (C=O) groups is 2. The zero-order valence-electron chi connectivity index (χ0n) is 16.3. The summed E-state index contributed by atoms with van der Waals surface area (Å²) in [6, 6.07) is 8.42. The number of nitrogens with one attached hydrogen (secondary N) is 1. The lowest BCUT2D eigenvalue weighted by Gasteiger charge is -2.24. The van der Waals surface area contributed by atoms with E-state index in [2.05, 4.69) is 10.3 Å². The molecule has 154 valence electrons. The Morgan fingerprint density at radius 2 is 1.97 bits per heavy atom. The number of pyridine rings is 1. The standard InChI is InChI=1S/C21H23ClN2O5/c1-13(2)19(14-6-7-16-17(11-14)28-10-4-9-27-16)24-18(25)12-29-21(26)15-5-3-8-23-20(15)22/h3,5-8,11,13,19H,4,9-10,12H2,1-2H3,(H,24,25)/t19-/m0/s1. The normalized spacial score (nSPS) is 14.1. The van der Waals surface area contributed by atoms with Gasteiger partial charge in [0.15, 0.2) is 18.1 Å². The van der Waals surface area contributed by atoms with Crippen LogP contribution in [-0.2, 0) is 9.53 Å². The number of carbonyl (C=O) groups excluding carboxylic acids is 2. The average Bonchev–Trinajstić information content (AvgIpc) is 2.95. The van der Waals surface area contributed by atoms with Gasteiger partial charge < -0.3 is 19.5 Å². The van der Waals surface area contributed by atoms with E-state index in [0.717, 1.165) is 12.0 Å². The van der Waals surface area contributed by atoms with Gasteiger partial charge in [0.05, 0.1) is 24.8 Å². The lowest BCUT2D eigenvalue weighted by molar-refractivity contribution is -0.125. The Morgan fingerprint density at radius 3 is 2.69 bits per heavy atom. The molecule has 2 aromatic rings. The Hall–Kier alpha value is -2.80. The summed E-state index contributed by atoms with van der Waals surface area (Å²) in [7, 11) is 0. The van der Waals surface area contributed by atoms with Crippen molar-refractivity contribution in [1.82, 2.24) is 10.3 Å². The molecule has 1 atom stereocenters. The summed E-state index contributed by atoms with van der Waals surface area (Å²) < 4.78 is 16.5. The van der Waals surface area contributed by atoms with Gasteiger partial charge in [0.2, 0.25) is 0 Å². The minimum Gasteiger partial charge on any atom is -0.490 e. The molecule has 1 aromatic heterocycles. The van der Waals surface area contributed by atoms with Crippen molar-refractivity contribution in [2.45, 2.75) is 26.3 Å². The van der Waals surface area contributed by atoms with Crippen LogP contribution in [-0.4, -0.2) is 36.7 Å². The summed E-state index contributed by atoms with van der Waals surface area (Å²) in [6.07, 6.45) is 2.29. The van der Waals surface area contributed by atoms with Gasteiger partial charge in [-0.3, -0.25) is 4.79 Å². The molecule has 3 rings (SSSR count). The Labute approximate surface area is 174 Å². The summed E-state index contributed by atoms with van der Waals surface area (Å²) in [5.41, 5.74) is 1.00. The molecule has 0 aliphatic carbocycles. The molecule has 1 amide bonds. The largest absolute Gasteiger partial charge is 0.490 e. The first kappa shape index (κ1) is 20.9. The van der Waals surface area contributed by atoms with E-state index in [0.29, 0.717) is 24.7 Å². The summed E-state index contributed by atoms with van der Waals surface area (Å²) in [5, 5.41) is 2.95. The summed E-state index contributed by atoms with van der Waals surface area (Å²) in [5.74, 6) is 0.353. The number of halogens is 1. The highest BCUT2D eigenvalue weighted by atomic mass is 35.5. The fourth-order valence-electron chi connectivity index (χ4n) is 2.97. The van der Waals surface area contributed by atoms with Gasteiger partial charge in [-0.1, -0.05) is 31.5 Å². The quantitative estimate of drug-likeness (QED) is 0.570. The first-order valence-corrected chi connectivity index (χ1v) is 9.80. The average molecular weight is 419 g/mol. The van der Waals surface area contributed by atoms with Crippen molar-refractivity contribution in [1.29, 1.82) is 0 Å². The van der Waals surface area contributed by atoms with Gasteiger partial charge in [-0.15, -0.1) is 0 Å². The molecule has 0 spiro atoms. The Balaban J connectivity index is 1.64. The van der Waals surface area contributed by atoms with Crippen molar-refractivity contribution in [2.75, 3.05) is 19.8 Å². The molecule has 1 aliphatic heterocycles. The highest BCUT2D eigenvalue weighted by Gasteiger charge is 2.22. The third kappa shape index (κ3) is 5.38. The first-order chi connectivity index (χ1) is 14.0. The van der Waals surface area contributed by atoms with Gasteiger partial charge in [-0.25, -0.2) is 9.78 Å². The van der Waals surface area contributed by atoms with Crippen molar-refractivity contribution in [3.05, 3.63) is 52.8 Å². The monoisotopic (exact) mass is 418 g/mol. The van der Waals surface area contributed by atoms with E-state index in [9.17, 15) is 9.59 Å². The lowest BCUT2D eigenvalue weighted by Crippen LogP contribution is -2.35. The zero-order chi connectivity index (χ0) is 20.8. The highest BCUT2D eigenvalue weighted by molar-refractivity contribution is 6.32. The molecule has 0 bridgehead atoms. The molecule has 8 heteroatoms. The zero-order valence-corrected chi connectivity index (χ0v) is 17.1. The predicted molar refractivity (Wildman–Crippen MR) is 107 cm³/mol. The van der Waals surface area contributed by atoms with Crippen molar-refractivity contribution < 1.29 is 23.8 Å². The summed E-state index contributed by atoms with van der Waals surface area (Å²) in [6.45, 7) is 4.77. The van der Waals surface area contributed by atoms with E-state index in [1.807, 2.05) is 32.0 Å². The van der Waals surface area contributed by atoms with Crippen LogP contribution in [0.15, 0.2) is 36.5 Å². The SMILES string of the molecule is CC(C)[C@H](NC(=O)COC(=O)c1cccnc1Cl)c1ccc2c(c1)OCCCO2. The van der Waals surface area contributed by atoms with E-state index in [-0.39, 0.29) is 22.7 Å². The number of rotatable bonds is 6. The summed E-state index contributed by atoms with van der Waals surface area (Å²) >= 11 is 5.88. The number of aromatic nitrogens is 1. The number of hydrogen-bond acceptors (Lipinski definition) is 6. The minimum absolute atomic E-state index is 0.0326. The third-order valence-corrected chi connectivity index (χ3v) is 4.73. The number of fused-ring (bicyclic) bond motifs is 1. The van der Waals surface area contributed by atoms with Crippen LogP contribution in [0, 0.1) is 5.92 Å². The van der Waals surface area contributed by atoms with Gasteiger partial charge in [0.1, 0.15) is 5.15 Å². The van der Waals surface area contributed by atoms with Gasteiger partial charge in [-0.05, 0) is 35.7 Å². The van der Waals surface area contributed by atoms with Crippen LogP contribution < -0.4 is 14.8 Å². The van der Waals surface area contributed by atoms with Crippen molar-refractivity contribution >= 4 is 23.5 Å². The molecule has 1 aliphatic rings. The highest BCUT2D eigenvalue weighted by Crippen LogP contribution is 2.34. The molecule has 0 saturated carbocycles. The molecule has 7 nitrogen and oxygen atoms in total. The van der Waals surface area contributed by atoms with E-state index in [1.165, 1.54) is 12.3 Å². The smallest absolute Gasteiger partial charge is 0.341 e. The molecule has 0 saturated heterocycles. The maximum Gasteiger partial charge on any atom is 0.341 e. The van der Waals surface area contributed by atoms with Crippen LogP contribution >= 0.6 is 11.6 Å². The van der Waals surface area contributed by atoms with Crippen LogP contribution in [0.4, 0.5) is 0 Å². The number of hydrogen-bond donors (Lipinski definition) is 1. The topological polar surface area (TPSA) is 86.8 Å². The predicted octanol–water partition coefficient (Wildman–Crippen LogP) is 3.57. The minimum atomic E-state index is -0.699. The Morgan fingerprint density at radius 1 is 1.21 bits per heavy atom. The fraction of sp³-hybridized carbons (Fsp3) is 0.381. The molecule has 0 radical (unpaired) electrons. The number of esters is 1. The van der Waals surface area contributed by atoms with Gasteiger partial charge in [-0.2, -0.15) is 0 Å². The number of nitrogens with zero attached hydrogens (tertiary/aromatic N) is 1. The number of amides is 1. The van der Waals surface area contributed by atoms with Crippen molar-refractivity contribution in [3.8, 4) is 11.5 Å². The molecule has 0 unspecified atom stereocenters. The number of ether oxygens (including phenoxy) is 3. The number of benzene rings is 1. The molecule has 1 N–H and O–H groups in total. The summed E-state index contributed by atoms with van der Waals surface area (Å²) in [4.78, 5) is 28.3. The van der Waals surface area contributed by atoms with Crippen LogP contribution in [0.25, 0.3) is 0 Å². The van der Waals surface area contributed by atoms with Crippen LogP contribution in [0.2, 0.25) is 5.15 Å². The van der Waals surface area contributed by atoms with Gasteiger partial charge in [0.25, 0.3) is 5.91 Å². The van der Waals surface area contributed by atoms with Gasteiger partial charge in [0, 0.05) is 12.6 Å². The maximum absolute atomic E-state index is 12.4. The third-order valence-electron chi connectivity index (χ3n) is 4.43. The van der Waals surface area contributed by atoms with Crippen LogP contribution in [0.1, 0.15) is 42.2 Å². The van der Waals surface area contributed by atoms with Crippen LogP contribution in [0.3, 0.4) is 0 Å². The second-order valence-electron chi connectivity index (χ2n) is 6.96. The molecule has 0 fully saturated rings. The van der Waals surface area contributed by atoms with Crippen molar-refractivity contribution in [3.63, 3.8) is 0 Å². The van der Waals surface area contributed by atoms with Crippen molar-refractivity contribution in [2.24, 2.45) is 5.92 Å². The first-order valence-electron chi connectivity index (χ1n) is 9.42. The molecular formula is C21H23ClN2O5. The van der Waals surface area contributed by atoms with Crippen LogP contribution in [0.5, 0.6) is 11.5 Å². The Kier molecular flexibility index (Phi) is 6.93. The van der Waals surface area contributed by atoms with E-state index in [1.54, 1.807) is 6.07 Å². The molecular weight excluding hydrogens is 396 g/mol. The maximum atomic E-state index is 12.4. The lowest BCUT2D eigenvalue weighted by atomic mass is 9.95. The Bertz CT molecular complexity index is 887. The van der Waals surface area contributed by atoms with Gasteiger partial charge >= 0.3 is 5.97 Å². The molecule has 2 heterocycles. The van der Waals surface area contributed by atoms with E-state index < -0.39 is 18.5 Å². The van der Waals surface area contributed by atoms with E-state index in [4.69, 9.17) is 25.8 Å². The second kappa shape index (κ2) is 9.60. The second-order valence-corrected chi connectivity index (χ2v) is 7.32. The molecule has 29 heavy (non-hydrogen) atoms. The molecule has 1 aromatic carbocycles. The van der Waals surface area contributed by atoms with E-state index >= 15 is 0 Å². The fourth-order valence-corrected chi connectivity index (χ4v) is 3.17.